The van der Waals surface area contributed by atoms with Crippen LogP contribution in [0.5, 0.6) is 0 Å². The van der Waals surface area contributed by atoms with Crippen LogP contribution in [0.15, 0.2) is 60.7 Å². The Balaban J connectivity index is 1.72. The lowest BCUT2D eigenvalue weighted by Crippen LogP contribution is -2.08. The summed E-state index contributed by atoms with van der Waals surface area (Å²) in [7, 11) is 0. The average molecular weight is 294 g/mol. The van der Waals surface area contributed by atoms with Gasteiger partial charge in [-0.1, -0.05) is 80.9 Å². The number of hydrogen-bond acceptors (Lipinski definition) is 0. The molecule has 22 heavy (non-hydrogen) atoms. The van der Waals surface area contributed by atoms with Crippen molar-refractivity contribution in [3.63, 3.8) is 0 Å². The van der Waals surface area contributed by atoms with Crippen molar-refractivity contribution >= 4 is 0 Å². The molecule has 0 N–H and O–H groups in total. The van der Waals surface area contributed by atoms with E-state index in [0.717, 1.165) is 11.8 Å². The number of aryl methyl sites for hydroxylation is 2. The van der Waals surface area contributed by atoms with Crippen LogP contribution < -0.4 is 0 Å². The fourth-order valence-corrected chi connectivity index (χ4v) is 3.25. The van der Waals surface area contributed by atoms with Crippen LogP contribution in [0.25, 0.3) is 0 Å². The molecule has 0 radical (unpaired) electrons. The summed E-state index contributed by atoms with van der Waals surface area (Å²) in [6.07, 6.45) is 7.77. The molecule has 0 nitrogen and oxygen atoms in total. The predicted molar refractivity (Wildman–Crippen MR) is 97.1 cm³/mol. The first-order valence-electron chi connectivity index (χ1n) is 8.85. The zero-order valence-electron chi connectivity index (χ0n) is 14.2. The van der Waals surface area contributed by atoms with E-state index < -0.39 is 0 Å². The molecule has 0 fully saturated rings. The number of rotatable bonds is 9. The molecule has 2 unspecified atom stereocenters. The lowest BCUT2D eigenvalue weighted by Gasteiger charge is -2.20. The van der Waals surface area contributed by atoms with Crippen LogP contribution in [0.3, 0.4) is 0 Å². The van der Waals surface area contributed by atoms with Crippen molar-refractivity contribution in [1.29, 1.82) is 0 Å². The van der Waals surface area contributed by atoms with E-state index in [-0.39, 0.29) is 0 Å². The Kier molecular flexibility index (Phi) is 7.22. The van der Waals surface area contributed by atoms with Gasteiger partial charge in [-0.05, 0) is 55.1 Å². The summed E-state index contributed by atoms with van der Waals surface area (Å²) < 4.78 is 0. The van der Waals surface area contributed by atoms with Crippen LogP contribution in [0.4, 0.5) is 0 Å². The Morgan fingerprint density at radius 1 is 0.727 bits per heavy atom. The highest BCUT2D eigenvalue weighted by atomic mass is 14.2. The fourth-order valence-electron chi connectivity index (χ4n) is 3.25. The molecule has 2 aromatic rings. The Bertz CT molecular complexity index is 500. The molecular weight excluding hydrogens is 264 g/mol. The normalized spacial score (nSPS) is 13.7. The highest BCUT2D eigenvalue weighted by Gasteiger charge is 2.12. The molecule has 0 spiro atoms. The summed E-state index contributed by atoms with van der Waals surface area (Å²) in [6.45, 7) is 4.77. The molecule has 2 atom stereocenters. The molecule has 0 heterocycles. The van der Waals surface area contributed by atoms with Gasteiger partial charge in [-0.15, -0.1) is 0 Å². The lowest BCUT2D eigenvalue weighted by molar-refractivity contribution is 0.347. The minimum Gasteiger partial charge on any atom is -0.0651 e. The second-order valence-electron chi connectivity index (χ2n) is 6.66. The van der Waals surface area contributed by atoms with Crippen LogP contribution in [0.1, 0.15) is 50.7 Å². The molecule has 0 bridgehead atoms. The Hall–Kier alpha value is -1.56. The molecule has 0 amide bonds. The molecule has 0 aliphatic heterocycles. The first-order chi connectivity index (χ1) is 10.8. The third-order valence-electron chi connectivity index (χ3n) is 4.77. The van der Waals surface area contributed by atoms with Crippen LogP contribution in [-0.2, 0) is 12.8 Å². The predicted octanol–water partition coefficient (Wildman–Crippen LogP) is 6.30. The van der Waals surface area contributed by atoms with Gasteiger partial charge in [0.15, 0.2) is 0 Å². The van der Waals surface area contributed by atoms with E-state index in [1.165, 1.54) is 49.7 Å². The van der Waals surface area contributed by atoms with E-state index in [1.807, 2.05) is 0 Å². The summed E-state index contributed by atoms with van der Waals surface area (Å²) >= 11 is 0. The maximum atomic E-state index is 2.42. The van der Waals surface area contributed by atoms with Gasteiger partial charge in [0.05, 0.1) is 0 Å². The number of benzene rings is 2. The summed E-state index contributed by atoms with van der Waals surface area (Å²) in [6, 6.07) is 21.8. The third kappa shape index (κ3) is 6.05. The standard InChI is InChI=1S/C22H30/c1-3-20(16-17-22-12-8-5-9-13-22)18-19(2)14-15-21-10-6-4-7-11-21/h4-13,19-20H,3,14-18H2,1-2H3. The van der Waals surface area contributed by atoms with E-state index in [2.05, 4.69) is 74.5 Å². The summed E-state index contributed by atoms with van der Waals surface area (Å²) in [5.74, 6) is 1.69. The average Bonchev–Trinajstić information content (AvgIpc) is 2.58. The SMILES string of the molecule is CCC(CCc1ccccc1)CC(C)CCc1ccccc1. The zero-order valence-corrected chi connectivity index (χ0v) is 14.2. The van der Waals surface area contributed by atoms with Gasteiger partial charge in [0.2, 0.25) is 0 Å². The van der Waals surface area contributed by atoms with Gasteiger partial charge in [-0.2, -0.15) is 0 Å². The zero-order chi connectivity index (χ0) is 15.6. The maximum Gasteiger partial charge on any atom is -0.0276 e. The van der Waals surface area contributed by atoms with Gasteiger partial charge in [0.1, 0.15) is 0 Å². The lowest BCUT2D eigenvalue weighted by atomic mass is 9.86. The largest absolute Gasteiger partial charge is 0.0651 e. The molecule has 0 aliphatic rings. The molecule has 2 aromatic carbocycles. The first kappa shape index (κ1) is 16.8. The number of hydrogen-bond donors (Lipinski definition) is 0. The summed E-state index contributed by atoms with van der Waals surface area (Å²) in [5, 5.41) is 0. The van der Waals surface area contributed by atoms with Crippen molar-refractivity contribution in [3.05, 3.63) is 71.8 Å². The summed E-state index contributed by atoms with van der Waals surface area (Å²) in [4.78, 5) is 0. The topological polar surface area (TPSA) is 0 Å². The van der Waals surface area contributed by atoms with Gasteiger partial charge in [-0.3, -0.25) is 0 Å². The molecule has 2 rings (SSSR count). The quantitative estimate of drug-likeness (QED) is 0.509. The van der Waals surface area contributed by atoms with Crippen molar-refractivity contribution in [3.8, 4) is 0 Å². The van der Waals surface area contributed by atoms with E-state index >= 15 is 0 Å². The van der Waals surface area contributed by atoms with Crippen molar-refractivity contribution in [2.75, 3.05) is 0 Å². The van der Waals surface area contributed by atoms with Gasteiger partial charge in [-0.25, -0.2) is 0 Å². The molecule has 0 saturated carbocycles. The third-order valence-corrected chi connectivity index (χ3v) is 4.77. The Morgan fingerprint density at radius 2 is 1.23 bits per heavy atom. The fraction of sp³-hybridized carbons (Fsp3) is 0.455. The monoisotopic (exact) mass is 294 g/mol. The highest BCUT2D eigenvalue weighted by Crippen LogP contribution is 2.24. The van der Waals surface area contributed by atoms with Crippen molar-refractivity contribution in [2.24, 2.45) is 11.8 Å². The van der Waals surface area contributed by atoms with Gasteiger partial charge in [0.25, 0.3) is 0 Å². The molecular formula is C22H30. The van der Waals surface area contributed by atoms with Crippen LogP contribution >= 0.6 is 0 Å². The molecule has 0 heteroatoms. The van der Waals surface area contributed by atoms with Gasteiger partial charge < -0.3 is 0 Å². The second-order valence-corrected chi connectivity index (χ2v) is 6.66. The summed E-state index contributed by atoms with van der Waals surface area (Å²) in [5.41, 5.74) is 2.96. The highest BCUT2D eigenvalue weighted by molar-refractivity contribution is 5.15. The smallest absolute Gasteiger partial charge is 0.0276 e. The Morgan fingerprint density at radius 3 is 1.73 bits per heavy atom. The molecule has 0 aromatic heterocycles. The van der Waals surface area contributed by atoms with E-state index in [4.69, 9.17) is 0 Å². The van der Waals surface area contributed by atoms with Crippen molar-refractivity contribution in [2.45, 2.75) is 52.4 Å². The van der Waals surface area contributed by atoms with Crippen LogP contribution in [-0.4, -0.2) is 0 Å². The second kappa shape index (κ2) is 9.46. The first-order valence-corrected chi connectivity index (χ1v) is 8.85. The maximum absolute atomic E-state index is 2.42. The van der Waals surface area contributed by atoms with Crippen LogP contribution in [0, 0.1) is 11.8 Å². The molecule has 0 saturated heterocycles. The van der Waals surface area contributed by atoms with Gasteiger partial charge in [0, 0.05) is 0 Å². The van der Waals surface area contributed by atoms with E-state index in [0.29, 0.717) is 0 Å². The van der Waals surface area contributed by atoms with Gasteiger partial charge >= 0.3 is 0 Å². The molecule has 118 valence electrons. The van der Waals surface area contributed by atoms with Crippen LogP contribution in [0.2, 0.25) is 0 Å². The minimum atomic E-state index is 0.820. The Labute approximate surface area is 136 Å². The van der Waals surface area contributed by atoms with Crippen molar-refractivity contribution in [1.82, 2.24) is 0 Å². The molecule has 0 aliphatic carbocycles. The van der Waals surface area contributed by atoms with E-state index in [9.17, 15) is 0 Å². The van der Waals surface area contributed by atoms with E-state index in [1.54, 1.807) is 0 Å². The minimum absolute atomic E-state index is 0.820. The van der Waals surface area contributed by atoms with Crippen molar-refractivity contribution < 1.29 is 0 Å².